The van der Waals surface area contributed by atoms with E-state index in [1.165, 1.54) is 6.07 Å². The SMILES string of the molecule is CC1(C)[C@@H]2CC[C@]1(CS(=O)(=O)NC1CCN(c3ccc(C(F)(F)F)cn3)CC1)C(=O)C2. The molecule has 3 fully saturated rings. The van der Waals surface area contributed by atoms with Gasteiger partial charge in [0.25, 0.3) is 0 Å². The first-order chi connectivity index (χ1) is 14.3. The van der Waals surface area contributed by atoms with Crippen LogP contribution >= 0.6 is 0 Å². The molecule has 2 heterocycles. The number of halogens is 3. The Labute approximate surface area is 180 Å². The van der Waals surface area contributed by atoms with Gasteiger partial charge in [0.2, 0.25) is 10.0 Å². The van der Waals surface area contributed by atoms with Gasteiger partial charge in [-0.25, -0.2) is 18.1 Å². The number of rotatable bonds is 5. The van der Waals surface area contributed by atoms with Gasteiger partial charge in [0.05, 0.1) is 11.3 Å². The minimum atomic E-state index is -4.43. The zero-order chi connectivity index (χ0) is 22.7. The number of aromatic nitrogens is 1. The smallest absolute Gasteiger partial charge is 0.357 e. The lowest BCUT2D eigenvalue weighted by atomic mass is 9.70. The van der Waals surface area contributed by atoms with Gasteiger partial charge in [-0.2, -0.15) is 13.2 Å². The van der Waals surface area contributed by atoms with Gasteiger partial charge in [0, 0.05) is 37.2 Å². The Morgan fingerprint density at radius 2 is 1.87 bits per heavy atom. The van der Waals surface area contributed by atoms with Gasteiger partial charge in [-0.1, -0.05) is 13.8 Å². The maximum absolute atomic E-state index is 13.0. The molecule has 31 heavy (non-hydrogen) atoms. The number of Topliss-reactive ketones (excluding diaryl/α,β-unsaturated/α-hetero) is 1. The van der Waals surface area contributed by atoms with Crippen LogP contribution in [0, 0.1) is 16.7 Å². The molecule has 3 aliphatic rings. The molecule has 1 aromatic rings. The summed E-state index contributed by atoms with van der Waals surface area (Å²) in [5.74, 6) is 0.615. The van der Waals surface area contributed by atoms with E-state index in [-0.39, 0.29) is 28.9 Å². The fourth-order valence-electron chi connectivity index (χ4n) is 5.70. The highest BCUT2D eigenvalue weighted by Gasteiger charge is 2.65. The average molecular weight is 460 g/mol. The summed E-state index contributed by atoms with van der Waals surface area (Å²) in [7, 11) is -3.65. The van der Waals surface area contributed by atoms with Crippen molar-refractivity contribution in [3.05, 3.63) is 23.9 Å². The number of carbonyl (C=O) groups is 1. The molecule has 2 aliphatic carbocycles. The van der Waals surface area contributed by atoms with Gasteiger partial charge >= 0.3 is 6.18 Å². The predicted octanol–water partition coefficient (Wildman–Crippen LogP) is 3.38. The highest BCUT2D eigenvalue weighted by molar-refractivity contribution is 7.89. The number of fused-ring (bicyclic) bond motifs is 2. The molecule has 4 rings (SSSR count). The van der Waals surface area contributed by atoms with Gasteiger partial charge in [-0.05, 0) is 49.1 Å². The van der Waals surface area contributed by atoms with Crippen LogP contribution in [0.1, 0.15) is 51.5 Å². The Bertz CT molecular complexity index is 954. The quantitative estimate of drug-likeness (QED) is 0.730. The minimum absolute atomic E-state index is 0.0716. The molecule has 0 amide bonds. The van der Waals surface area contributed by atoms with Crippen LogP contribution in [-0.4, -0.2) is 44.1 Å². The molecule has 2 bridgehead atoms. The van der Waals surface area contributed by atoms with Crippen molar-refractivity contribution >= 4 is 21.6 Å². The van der Waals surface area contributed by atoms with Crippen LogP contribution in [0.4, 0.5) is 19.0 Å². The van der Waals surface area contributed by atoms with E-state index in [0.717, 1.165) is 18.7 Å². The van der Waals surface area contributed by atoms with E-state index in [2.05, 4.69) is 9.71 Å². The molecule has 0 unspecified atom stereocenters. The van der Waals surface area contributed by atoms with E-state index in [1.807, 2.05) is 18.7 Å². The molecule has 0 radical (unpaired) electrons. The summed E-state index contributed by atoms with van der Waals surface area (Å²) in [6.45, 7) is 5.01. The lowest BCUT2D eigenvalue weighted by Crippen LogP contribution is -2.50. The molecule has 0 aromatic carbocycles. The topological polar surface area (TPSA) is 79.4 Å². The Morgan fingerprint density at radius 1 is 1.19 bits per heavy atom. The third-order valence-corrected chi connectivity index (χ3v) is 9.38. The number of pyridine rings is 1. The van der Waals surface area contributed by atoms with Gasteiger partial charge < -0.3 is 4.90 Å². The van der Waals surface area contributed by atoms with Crippen LogP contribution in [0.3, 0.4) is 0 Å². The molecule has 6 nitrogen and oxygen atoms in total. The van der Waals surface area contributed by atoms with Crippen molar-refractivity contribution in [2.24, 2.45) is 16.7 Å². The number of hydrogen-bond donors (Lipinski definition) is 1. The maximum atomic E-state index is 13.0. The Hall–Kier alpha value is -1.68. The van der Waals surface area contributed by atoms with E-state index in [1.54, 1.807) is 0 Å². The molecule has 172 valence electrons. The van der Waals surface area contributed by atoms with Crippen LogP contribution in [0.5, 0.6) is 0 Å². The van der Waals surface area contributed by atoms with Gasteiger partial charge in [-0.15, -0.1) is 0 Å². The minimum Gasteiger partial charge on any atom is -0.357 e. The normalized spacial score (nSPS) is 29.0. The summed E-state index contributed by atoms with van der Waals surface area (Å²) >= 11 is 0. The molecule has 2 atom stereocenters. The lowest BCUT2D eigenvalue weighted by Gasteiger charge is -2.37. The number of alkyl halides is 3. The maximum Gasteiger partial charge on any atom is 0.417 e. The third-order valence-electron chi connectivity index (χ3n) is 7.82. The second kappa shape index (κ2) is 7.43. The van der Waals surface area contributed by atoms with E-state index >= 15 is 0 Å². The summed E-state index contributed by atoms with van der Waals surface area (Å²) in [5, 5.41) is 0. The molecule has 0 spiro atoms. The Morgan fingerprint density at radius 3 is 2.35 bits per heavy atom. The van der Waals surface area contributed by atoms with Gasteiger partial charge in [0.1, 0.15) is 11.6 Å². The van der Waals surface area contributed by atoms with E-state index in [9.17, 15) is 26.4 Å². The largest absolute Gasteiger partial charge is 0.417 e. The summed E-state index contributed by atoms with van der Waals surface area (Å²) in [4.78, 5) is 18.4. The molecule has 10 heteroatoms. The van der Waals surface area contributed by atoms with Crippen molar-refractivity contribution in [2.75, 3.05) is 23.7 Å². The predicted molar refractivity (Wildman–Crippen MR) is 110 cm³/mol. The van der Waals surface area contributed by atoms with Crippen molar-refractivity contribution < 1.29 is 26.4 Å². The molecule has 1 saturated heterocycles. The zero-order valence-corrected chi connectivity index (χ0v) is 18.5. The van der Waals surface area contributed by atoms with Gasteiger partial charge in [0.15, 0.2) is 0 Å². The van der Waals surface area contributed by atoms with E-state index in [0.29, 0.717) is 44.6 Å². The second-order valence-corrected chi connectivity index (χ2v) is 11.5. The van der Waals surface area contributed by atoms with Crippen molar-refractivity contribution in [2.45, 2.75) is 58.2 Å². The first-order valence-corrected chi connectivity index (χ1v) is 12.3. The number of hydrogen-bond acceptors (Lipinski definition) is 5. The summed E-state index contributed by atoms with van der Waals surface area (Å²) in [6, 6.07) is 2.09. The monoisotopic (exact) mass is 459 g/mol. The zero-order valence-electron chi connectivity index (χ0n) is 17.7. The Balaban J connectivity index is 1.36. The number of nitrogens with zero attached hydrogens (tertiary/aromatic N) is 2. The fourth-order valence-corrected chi connectivity index (χ4v) is 7.85. The number of anilines is 1. The number of ketones is 1. The lowest BCUT2D eigenvalue weighted by molar-refractivity contribution is -0.137. The van der Waals surface area contributed by atoms with Crippen LogP contribution < -0.4 is 9.62 Å². The highest BCUT2D eigenvalue weighted by atomic mass is 32.2. The van der Waals surface area contributed by atoms with E-state index in [4.69, 9.17) is 0 Å². The van der Waals surface area contributed by atoms with Crippen molar-refractivity contribution in [3.8, 4) is 0 Å². The summed E-state index contributed by atoms with van der Waals surface area (Å²) < 4.78 is 66.8. The number of piperidine rings is 1. The van der Waals surface area contributed by atoms with Crippen molar-refractivity contribution in [1.82, 2.24) is 9.71 Å². The second-order valence-electron chi connectivity index (χ2n) is 9.71. The number of nitrogens with one attached hydrogen (secondary N) is 1. The molecule has 1 aliphatic heterocycles. The average Bonchev–Trinajstić information content (AvgIpc) is 3.01. The first-order valence-electron chi connectivity index (χ1n) is 10.7. The standard InChI is InChI=1S/C21H28F3N3O3S/c1-19(2)14-5-8-20(19,17(28)11-14)13-31(29,30)26-16-6-9-27(10-7-16)18-4-3-15(12-25-18)21(22,23)24/h3-4,12,14,16,26H,5-11,13H2,1-2H3/t14-,20+/m1/s1. The molecule has 1 aromatic heterocycles. The Kier molecular flexibility index (Phi) is 5.40. The van der Waals surface area contributed by atoms with Crippen LogP contribution in [0.15, 0.2) is 18.3 Å². The summed E-state index contributed by atoms with van der Waals surface area (Å²) in [6.07, 6.45) is -0.566. The van der Waals surface area contributed by atoms with Crippen LogP contribution in [0.25, 0.3) is 0 Å². The van der Waals surface area contributed by atoms with Crippen molar-refractivity contribution in [3.63, 3.8) is 0 Å². The highest BCUT2D eigenvalue weighted by Crippen LogP contribution is 2.64. The summed E-state index contributed by atoms with van der Waals surface area (Å²) in [5.41, 5.74) is -1.90. The van der Waals surface area contributed by atoms with Gasteiger partial charge in [-0.3, -0.25) is 4.79 Å². The van der Waals surface area contributed by atoms with Crippen LogP contribution in [-0.2, 0) is 21.0 Å². The molecular formula is C21H28F3N3O3S. The molecular weight excluding hydrogens is 431 g/mol. The van der Waals surface area contributed by atoms with E-state index < -0.39 is 27.2 Å². The number of carbonyl (C=O) groups excluding carboxylic acids is 1. The molecule has 1 N–H and O–H groups in total. The first kappa shape index (κ1) is 22.5. The fraction of sp³-hybridized carbons (Fsp3) is 0.714. The molecule has 2 saturated carbocycles. The van der Waals surface area contributed by atoms with Crippen LogP contribution in [0.2, 0.25) is 0 Å². The number of sulfonamides is 1. The van der Waals surface area contributed by atoms with Crippen molar-refractivity contribution in [1.29, 1.82) is 0 Å². The third kappa shape index (κ3) is 3.97.